The third kappa shape index (κ3) is 2.96. The number of benzene rings is 1. The average Bonchev–Trinajstić information content (AvgIpc) is 2.86. The zero-order chi connectivity index (χ0) is 15.0. The summed E-state index contributed by atoms with van der Waals surface area (Å²) >= 11 is 11.9. The Balaban J connectivity index is 1.84. The summed E-state index contributed by atoms with van der Waals surface area (Å²) < 4.78 is 0. The smallest absolute Gasteiger partial charge is 0.293 e. The predicted octanol–water partition coefficient (Wildman–Crippen LogP) is 3.94. The van der Waals surface area contributed by atoms with Gasteiger partial charge in [-0.2, -0.15) is 0 Å². The van der Waals surface area contributed by atoms with Crippen molar-refractivity contribution in [2.45, 2.75) is 37.8 Å². The van der Waals surface area contributed by atoms with Crippen LogP contribution in [0.2, 0.25) is 10.0 Å². The third-order valence-corrected chi connectivity index (χ3v) is 5.15. The Morgan fingerprint density at radius 2 is 1.95 bits per heavy atom. The van der Waals surface area contributed by atoms with Gasteiger partial charge in [-0.15, -0.1) is 0 Å². The summed E-state index contributed by atoms with van der Waals surface area (Å²) in [6.07, 6.45) is 4.62. The van der Waals surface area contributed by atoms with Crippen molar-refractivity contribution >= 4 is 34.6 Å². The van der Waals surface area contributed by atoms with E-state index < -0.39 is 4.92 Å². The number of fused-ring (bicyclic) bond motifs is 1. The largest absolute Gasteiger partial charge is 0.375 e. The number of nitro benzene ring substituents is 1. The first-order valence-electron chi connectivity index (χ1n) is 7.20. The topological polar surface area (TPSA) is 58.4 Å². The second kappa shape index (κ2) is 5.99. The Hall–Kier alpha value is -1.04. The van der Waals surface area contributed by atoms with Crippen LogP contribution < -0.4 is 5.32 Å². The maximum Gasteiger partial charge on any atom is 0.293 e. The second-order valence-corrected chi connectivity index (χ2v) is 6.49. The highest BCUT2D eigenvalue weighted by atomic mass is 35.5. The van der Waals surface area contributed by atoms with Crippen LogP contribution >= 0.6 is 23.2 Å². The van der Waals surface area contributed by atoms with Gasteiger partial charge in [0.05, 0.1) is 15.0 Å². The van der Waals surface area contributed by atoms with Crippen LogP contribution in [0.15, 0.2) is 12.1 Å². The molecule has 2 unspecified atom stereocenters. The van der Waals surface area contributed by atoms with Crippen LogP contribution in [0.25, 0.3) is 0 Å². The highest BCUT2D eigenvalue weighted by molar-refractivity contribution is 6.42. The number of anilines is 1. The highest BCUT2D eigenvalue weighted by Gasteiger charge is 2.36. The molecule has 114 valence electrons. The molecule has 1 aromatic rings. The average molecular weight is 330 g/mol. The van der Waals surface area contributed by atoms with Crippen LogP contribution in [0.4, 0.5) is 11.4 Å². The lowest BCUT2D eigenvalue weighted by molar-refractivity contribution is -0.384. The number of hydrogen-bond acceptors (Lipinski definition) is 4. The van der Waals surface area contributed by atoms with E-state index in [-0.39, 0.29) is 16.8 Å². The van der Waals surface area contributed by atoms with Crippen molar-refractivity contribution in [3.05, 3.63) is 32.3 Å². The van der Waals surface area contributed by atoms with Crippen molar-refractivity contribution in [3.8, 4) is 0 Å². The van der Waals surface area contributed by atoms with Crippen molar-refractivity contribution in [1.29, 1.82) is 0 Å². The van der Waals surface area contributed by atoms with Gasteiger partial charge < -0.3 is 5.32 Å². The molecule has 2 heterocycles. The molecule has 0 radical (unpaired) electrons. The molecule has 0 spiro atoms. The number of nitro groups is 1. The molecule has 1 N–H and O–H groups in total. The van der Waals surface area contributed by atoms with Gasteiger partial charge in [-0.25, -0.2) is 0 Å². The molecular weight excluding hydrogens is 313 g/mol. The van der Waals surface area contributed by atoms with E-state index in [1.807, 2.05) is 0 Å². The van der Waals surface area contributed by atoms with Crippen molar-refractivity contribution in [1.82, 2.24) is 4.90 Å². The third-order valence-electron chi connectivity index (χ3n) is 4.43. The number of halogens is 2. The van der Waals surface area contributed by atoms with E-state index in [0.717, 1.165) is 25.9 Å². The highest BCUT2D eigenvalue weighted by Crippen LogP contribution is 2.36. The summed E-state index contributed by atoms with van der Waals surface area (Å²) in [6, 6.07) is 3.59. The Kier molecular flexibility index (Phi) is 4.24. The summed E-state index contributed by atoms with van der Waals surface area (Å²) in [5, 5.41) is 15.1. The summed E-state index contributed by atoms with van der Waals surface area (Å²) in [6.45, 7) is 2.18. The Morgan fingerprint density at radius 1 is 1.19 bits per heavy atom. The summed E-state index contributed by atoms with van der Waals surface area (Å²) in [4.78, 5) is 13.3. The van der Waals surface area contributed by atoms with Crippen molar-refractivity contribution < 1.29 is 4.92 Å². The Bertz CT molecular complexity index is 567. The zero-order valence-corrected chi connectivity index (χ0v) is 13.0. The van der Waals surface area contributed by atoms with E-state index in [1.54, 1.807) is 6.07 Å². The summed E-state index contributed by atoms with van der Waals surface area (Å²) in [5.74, 6) is 0. The molecular formula is C14H17Cl2N3O2. The van der Waals surface area contributed by atoms with Crippen LogP contribution in [0.5, 0.6) is 0 Å². The first-order chi connectivity index (χ1) is 10.1. The van der Waals surface area contributed by atoms with E-state index in [0.29, 0.717) is 16.8 Å². The van der Waals surface area contributed by atoms with Gasteiger partial charge >= 0.3 is 0 Å². The first-order valence-corrected chi connectivity index (χ1v) is 7.96. The molecule has 0 aliphatic carbocycles. The monoisotopic (exact) mass is 329 g/mol. The van der Waals surface area contributed by atoms with Gasteiger partial charge in [-0.1, -0.05) is 29.6 Å². The van der Waals surface area contributed by atoms with Gasteiger partial charge in [-0.3, -0.25) is 15.0 Å². The van der Waals surface area contributed by atoms with Crippen molar-refractivity contribution in [3.63, 3.8) is 0 Å². The van der Waals surface area contributed by atoms with Gasteiger partial charge in [0, 0.05) is 24.7 Å². The fraction of sp³-hybridized carbons (Fsp3) is 0.571. The van der Waals surface area contributed by atoms with Crippen LogP contribution in [-0.4, -0.2) is 35.0 Å². The van der Waals surface area contributed by atoms with E-state index >= 15 is 0 Å². The maximum atomic E-state index is 11.2. The van der Waals surface area contributed by atoms with Gasteiger partial charge in [0.2, 0.25) is 0 Å². The quantitative estimate of drug-likeness (QED) is 0.674. The van der Waals surface area contributed by atoms with Gasteiger partial charge in [0.25, 0.3) is 5.69 Å². The molecule has 21 heavy (non-hydrogen) atoms. The van der Waals surface area contributed by atoms with Crippen molar-refractivity contribution in [2.24, 2.45) is 0 Å². The van der Waals surface area contributed by atoms with E-state index in [4.69, 9.17) is 23.2 Å². The lowest BCUT2D eigenvalue weighted by Gasteiger charge is -2.32. The van der Waals surface area contributed by atoms with Crippen LogP contribution in [0.3, 0.4) is 0 Å². The maximum absolute atomic E-state index is 11.2. The molecule has 5 nitrogen and oxygen atoms in total. The first kappa shape index (κ1) is 14.9. The number of nitrogens with zero attached hydrogens (tertiary/aromatic N) is 2. The number of hydrogen-bond donors (Lipinski definition) is 1. The minimum absolute atomic E-state index is 0.0151. The predicted molar refractivity (Wildman–Crippen MR) is 84.4 cm³/mol. The second-order valence-electron chi connectivity index (χ2n) is 5.68. The molecule has 2 atom stereocenters. The van der Waals surface area contributed by atoms with Gasteiger partial charge in [0.1, 0.15) is 5.69 Å². The molecule has 2 saturated heterocycles. The lowest BCUT2D eigenvalue weighted by Crippen LogP contribution is -2.41. The summed E-state index contributed by atoms with van der Waals surface area (Å²) in [5.41, 5.74) is 0.450. The summed E-state index contributed by atoms with van der Waals surface area (Å²) in [7, 11) is 0. The van der Waals surface area contributed by atoms with E-state index in [2.05, 4.69) is 10.2 Å². The van der Waals surface area contributed by atoms with Crippen LogP contribution in [0, 0.1) is 10.1 Å². The molecule has 2 fully saturated rings. The Morgan fingerprint density at radius 3 is 2.71 bits per heavy atom. The molecule has 3 rings (SSSR count). The van der Waals surface area contributed by atoms with Crippen LogP contribution in [0.1, 0.15) is 25.7 Å². The van der Waals surface area contributed by atoms with Crippen LogP contribution in [-0.2, 0) is 0 Å². The fourth-order valence-corrected chi connectivity index (χ4v) is 3.74. The fourth-order valence-electron chi connectivity index (χ4n) is 3.42. The molecule has 0 amide bonds. The van der Waals surface area contributed by atoms with Gasteiger partial charge in [-0.05, 0) is 31.9 Å². The number of piperidine rings is 1. The molecule has 0 aromatic heterocycles. The van der Waals surface area contributed by atoms with E-state index in [9.17, 15) is 10.1 Å². The number of nitrogens with one attached hydrogen (secondary N) is 1. The standard InChI is InChI=1S/C14H17Cl2N3O2/c15-9-7-12(14(19(20)21)8-10(9)16)17-11-4-6-18-5-2-1-3-13(11)18/h7-8,11,13,17H,1-6H2. The molecule has 1 aromatic carbocycles. The molecule has 7 heteroatoms. The zero-order valence-electron chi connectivity index (χ0n) is 11.5. The normalized spacial score (nSPS) is 25.6. The minimum atomic E-state index is -0.419. The molecule has 2 aliphatic heterocycles. The SMILES string of the molecule is O=[N+]([O-])c1cc(Cl)c(Cl)cc1NC1CCN2CCCCC12. The van der Waals surface area contributed by atoms with E-state index in [1.165, 1.54) is 18.9 Å². The molecule has 0 bridgehead atoms. The number of rotatable bonds is 3. The Labute approximate surface area is 133 Å². The van der Waals surface area contributed by atoms with Crippen molar-refractivity contribution in [2.75, 3.05) is 18.4 Å². The minimum Gasteiger partial charge on any atom is -0.375 e. The molecule has 0 saturated carbocycles. The lowest BCUT2D eigenvalue weighted by atomic mass is 9.99. The molecule has 2 aliphatic rings. The van der Waals surface area contributed by atoms with Gasteiger partial charge in [0.15, 0.2) is 0 Å².